The maximum absolute atomic E-state index is 13.2. The lowest BCUT2D eigenvalue weighted by Gasteiger charge is -2.34. The highest BCUT2D eigenvalue weighted by molar-refractivity contribution is 5.85. The smallest absolute Gasteiger partial charge is 0.242 e. The molecule has 0 aromatic heterocycles. The molecular formula is C21H32FN3O2. The van der Waals surface area contributed by atoms with Crippen molar-refractivity contribution >= 4 is 11.8 Å². The minimum absolute atomic E-state index is 0.0294. The molecule has 0 aliphatic carbocycles. The van der Waals surface area contributed by atoms with Crippen LogP contribution in [0.5, 0.6) is 0 Å². The second-order valence-corrected chi connectivity index (χ2v) is 7.97. The summed E-state index contributed by atoms with van der Waals surface area (Å²) in [6.07, 6.45) is 0.883. The van der Waals surface area contributed by atoms with Crippen LogP contribution in [0.2, 0.25) is 0 Å². The van der Waals surface area contributed by atoms with E-state index in [4.69, 9.17) is 0 Å². The van der Waals surface area contributed by atoms with Crippen molar-refractivity contribution in [3.8, 4) is 0 Å². The molecule has 1 saturated heterocycles. The molecule has 1 aliphatic heterocycles. The molecule has 1 aromatic carbocycles. The highest BCUT2D eigenvalue weighted by Crippen LogP contribution is 2.20. The predicted octanol–water partition coefficient (Wildman–Crippen LogP) is 2.66. The molecular weight excluding hydrogens is 345 g/mol. The molecule has 6 heteroatoms. The highest BCUT2D eigenvalue weighted by atomic mass is 19.1. The molecule has 0 spiro atoms. The van der Waals surface area contributed by atoms with Gasteiger partial charge in [0.25, 0.3) is 0 Å². The summed E-state index contributed by atoms with van der Waals surface area (Å²) >= 11 is 0. The molecule has 1 N–H and O–H groups in total. The van der Waals surface area contributed by atoms with Crippen molar-refractivity contribution in [1.82, 2.24) is 15.1 Å². The summed E-state index contributed by atoms with van der Waals surface area (Å²) in [4.78, 5) is 28.6. The fourth-order valence-electron chi connectivity index (χ4n) is 3.42. The maximum atomic E-state index is 13.2. The second-order valence-electron chi connectivity index (χ2n) is 7.97. The summed E-state index contributed by atoms with van der Waals surface area (Å²) in [5, 5.41) is 2.72. The van der Waals surface area contributed by atoms with E-state index in [0.717, 1.165) is 25.1 Å². The second kappa shape index (κ2) is 9.83. The van der Waals surface area contributed by atoms with Crippen LogP contribution in [-0.4, -0.2) is 53.8 Å². The molecule has 1 aromatic rings. The number of halogens is 1. The quantitative estimate of drug-likeness (QED) is 0.829. The number of hydrogen-bond acceptors (Lipinski definition) is 3. The van der Waals surface area contributed by atoms with Gasteiger partial charge in [0.1, 0.15) is 5.82 Å². The zero-order valence-electron chi connectivity index (χ0n) is 16.9. The van der Waals surface area contributed by atoms with E-state index in [9.17, 15) is 14.0 Å². The van der Waals surface area contributed by atoms with E-state index in [1.54, 1.807) is 0 Å². The van der Waals surface area contributed by atoms with Gasteiger partial charge in [-0.3, -0.25) is 14.5 Å². The van der Waals surface area contributed by atoms with Crippen LogP contribution < -0.4 is 5.32 Å². The summed E-state index contributed by atoms with van der Waals surface area (Å²) in [6, 6.07) is 6.85. The van der Waals surface area contributed by atoms with E-state index < -0.39 is 0 Å². The van der Waals surface area contributed by atoms with Gasteiger partial charge in [-0.2, -0.15) is 0 Å². The number of carbonyl (C=O) groups excluding carboxylic acids is 2. The number of benzene rings is 1. The average molecular weight is 378 g/mol. The van der Waals surface area contributed by atoms with E-state index >= 15 is 0 Å². The predicted molar refractivity (Wildman–Crippen MR) is 104 cm³/mol. The van der Waals surface area contributed by atoms with E-state index in [2.05, 4.69) is 24.1 Å². The summed E-state index contributed by atoms with van der Waals surface area (Å²) in [5.41, 5.74) is 1.08. The Morgan fingerprint density at radius 2 is 1.81 bits per heavy atom. The summed E-state index contributed by atoms with van der Waals surface area (Å²) in [5.74, 6) is -0.106. The average Bonchev–Trinajstić information content (AvgIpc) is 2.84. The molecule has 0 saturated carbocycles. The Bertz CT molecular complexity index is 631. The first-order valence-electron chi connectivity index (χ1n) is 9.82. The molecule has 0 bridgehead atoms. The number of carbonyl (C=O) groups is 2. The van der Waals surface area contributed by atoms with Crippen molar-refractivity contribution in [2.45, 2.75) is 46.7 Å². The fourth-order valence-corrected chi connectivity index (χ4v) is 3.42. The summed E-state index contributed by atoms with van der Waals surface area (Å²) < 4.78 is 13.2. The summed E-state index contributed by atoms with van der Waals surface area (Å²) in [7, 11) is 0. The van der Waals surface area contributed by atoms with Crippen molar-refractivity contribution < 1.29 is 14.0 Å². The topological polar surface area (TPSA) is 52.7 Å². The van der Waals surface area contributed by atoms with Crippen LogP contribution >= 0.6 is 0 Å². The Hall–Kier alpha value is -1.95. The van der Waals surface area contributed by atoms with Crippen molar-refractivity contribution in [3.63, 3.8) is 0 Å². The number of nitrogens with one attached hydrogen (secondary N) is 1. The lowest BCUT2D eigenvalue weighted by molar-refractivity contribution is -0.134. The maximum Gasteiger partial charge on any atom is 0.242 e. The molecule has 1 aliphatic rings. The highest BCUT2D eigenvalue weighted by Gasteiger charge is 2.29. The number of amides is 2. The SMILES string of the molecule is CC(C)C(=O)NCC(=O)N1CCCN(Cc2ccc(F)cc2)[C@@H](C(C)C)C1. The van der Waals surface area contributed by atoms with E-state index in [-0.39, 0.29) is 36.1 Å². The zero-order valence-corrected chi connectivity index (χ0v) is 16.9. The minimum Gasteiger partial charge on any atom is -0.347 e. The van der Waals surface area contributed by atoms with Crippen LogP contribution in [-0.2, 0) is 16.1 Å². The molecule has 1 atom stereocenters. The Labute approximate surface area is 161 Å². The van der Waals surface area contributed by atoms with Crippen LogP contribution in [0.1, 0.15) is 39.7 Å². The van der Waals surface area contributed by atoms with Crippen molar-refractivity contribution in [3.05, 3.63) is 35.6 Å². The minimum atomic E-state index is -0.227. The lowest BCUT2D eigenvalue weighted by atomic mass is 10.0. The Kier molecular flexibility index (Phi) is 7.78. The van der Waals surface area contributed by atoms with Crippen LogP contribution in [0.25, 0.3) is 0 Å². The Balaban J connectivity index is 2.01. The van der Waals surface area contributed by atoms with Crippen molar-refractivity contribution in [1.29, 1.82) is 0 Å². The zero-order chi connectivity index (χ0) is 20.0. The van der Waals surface area contributed by atoms with E-state index in [1.165, 1.54) is 12.1 Å². The largest absolute Gasteiger partial charge is 0.347 e. The third-order valence-corrected chi connectivity index (χ3v) is 5.11. The van der Waals surface area contributed by atoms with E-state index in [0.29, 0.717) is 19.0 Å². The Morgan fingerprint density at radius 3 is 2.41 bits per heavy atom. The van der Waals surface area contributed by atoms with Gasteiger partial charge >= 0.3 is 0 Å². The van der Waals surface area contributed by atoms with Gasteiger partial charge in [-0.25, -0.2) is 4.39 Å². The van der Waals surface area contributed by atoms with Crippen LogP contribution in [0, 0.1) is 17.7 Å². The number of rotatable bonds is 6. The molecule has 150 valence electrons. The third-order valence-electron chi connectivity index (χ3n) is 5.11. The van der Waals surface area contributed by atoms with Gasteiger partial charge in [0.15, 0.2) is 0 Å². The van der Waals surface area contributed by atoms with Crippen LogP contribution in [0.15, 0.2) is 24.3 Å². The standard InChI is InChI=1S/C21H32FN3O2/c1-15(2)19-14-25(20(26)12-23-21(27)16(3)4)11-5-10-24(19)13-17-6-8-18(22)9-7-17/h6-9,15-16,19H,5,10-14H2,1-4H3,(H,23,27)/t19-/m1/s1. The molecule has 2 rings (SSSR count). The van der Waals surface area contributed by atoms with Crippen LogP contribution in [0.3, 0.4) is 0 Å². The fraction of sp³-hybridized carbons (Fsp3) is 0.619. The third kappa shape index (κ3) is 6.31. The molecule has 1 fully saturated rings. The van der Waals surface area contributed by atoms with Gasteiger partial charge in [-0.05, 0) is 30.0 Å². The van der Waals surface area contributed by atoms with Gasteiger partial charge < -0.3 is 10.2 Å². The number of hydrogen-bond donors (Lipinski definition) is 1. The molecule has 2 amide bonds. The molecule has 5 nitrogen and oxygen atoms in total. The first-order valence-corrected chi connectivity index (χ1v) is 9.82. The summed E-state index contributed by atoms with van der Waals surface area (Å²) in [6.45, 7) is 11.0. The molecule has 0 radical (unpaired) electrons. The van der Waals surface area contributed by atoms with Gasteiger partial charge in [0, 0.05) is 38.1 Å². The van der Waals surface area contributed by atoms with Crippen LogP contribution in [0.4, 0.5) is 4.39 Å². The first kappa shape index (κ1) is 21.4. The van der Waals surface area contributed by atoms with Gasteiger partial charge in [-0.1, -0.05) is 39.8 Å². The normalized spacial score (nSPS) is 18.6. The van der Waals surface area contributed by atoms with E-state index in [1.807, 2.05) is 30.9 Å². The van der Waals surface area contributed by atoms with Gasteiger partial charge in [-0.15, -0.1) is 0 Å². The number of nitrogens with zero attached hydrogens (tertiary/aromatic N) is 2. The van der Waals surface area contributed by atoms with Gasteiger partial charge in [0.2, 0.25) is 11.8 Å². The Morgan fingerprint density at radius 1 is 1.15 bits per heavy atom. The van der Waals surface area contributed by atoms with Crippen molar-refractivity contribution in [2.24, 2.45) is 11.8 Å². The lowest BCUT2D eigenvalue weighted by Crippen LogP contribution is -2.48. The monoisotopic (exact) mass is 377 g/mol. The van der Waals surface area contributed by atoms with Gasteiger partial charge in [0.05, 0.1) is 6.54 Å². The molecule has 0 unspecified atom stereocenters. The first-order chi connectivity index (χ1) is 12.8. The molecule has 27 heavy (non-hydrogen) atoms. The van der Waals surface area contributed by atoms with Crippen molar-refractivity contribution in [2.75, 3.05) is 26.2 Å². The molecule has 1 heterocycles.